The molecule has 0 bridgehead atoms. The van der Waals surface area contributed by atoms with Gasteiger partial charge < -0.3 is 10.1 Å². The second kappa shape index (κ2) is 9.04. The molecular weight excluding hydrogens is 246 g/mol. The van der Waals surface area contributed by atoms with E-state index >= 15 is 0 Å². The Kier molecular flexibility index (Phi) is 7.37. The van der Waals surface area contributed by atoms with Gasteiger partial charge in [-0.25, -0.2) is 0 Å². The molecule has 2 fully saturated rings. The standard InChI is InChI=1S/C18H35NO/c1-3-12-19-18(14-17-7-5-6-13-20-17)16-10-8-15(4-2)9-11-16/h15-19H,3-14H2,1-2H3. The van der Waals surface area contributed by atoms with Crippen molar-refractivity contribution in [3.63, 3.8) is 0 Å². The maximum atomic E-state index is 5.98. The predicted octanol–water partition coefficient (Wildman–Crippen LogP) is 4.53. The number of hydrogen-bond donors (Lipinski definition) is 1. The fourth-order valence-electron chi connectivity index (χ4n) is 4.05. The van der Waals surface area contributed by atoms with Crippen molar-refractivity contribution >= 4 is 0 Å². The third kappa shape index (κ3) is 5.04. The van der Waals surface area contributed by atoms with Gasteiger partial charge in [-0.15, -0.1) is 0 Å². The molecule has 2 rings (SSSR count). The molecule has 2 heteroatoms. The van der Waals surface area contributed by atoms with E-state index in [9.17, 15) is 0 Å². The van der Waals surface area contributed by atoms with Gasteiger partial charge >= 0.3 is 0 Å². The minimum atomic E-state index is 0.530. The molecule has 2 unspecified atom stereocenters. The summed E-state index contributed by atoms with van der Waals surface area (Å²) in [5.74, 6) is 1.90. The maximum Gasteiger partial charge on any atom is 0.0590 e. The zero-order valence-corrected chi connectivity index (χ0v) is 13.7. The first kappa shape index (κ1) is 16.3. The van der Waals surface area contributed by atoms with E-state index in [-0.39, 0.29) is 0 Å². The Labute approximate surface area is 126 Å². The number of nitrogens with one attached hydrogen (secondary N) is 1. The molecule has 2 atom stereocenters. The maximum absolute atomic E-state index is 5.98. The second-order valence-electron chi connectivity index (χ2n) is 6.97. The average Bonchev–Trinajstić information content (AvgIpc) is 2.52. The van der Waals surface area contributed by atoms with Crippen LogP contribution in [0.3, 0.4) is 0 Å². The molecule has 0 spiro atoms. The van der Waals surface area contributed by atoms with Crippen LogP contribution in [0.25, 0.3) is 0 Å². The van der Waals surface area contributed by atoms with Gasteiger partial charge in [-0.1, -0.05) is 33.1 Å². The molecule has 20 heavy (non-hydrogen) atoms. The first-order chi connectivity index (χ1) is 9.83. The summed E-state index contributed by atoms with van der Waals surface area (Å²) in [5.41, 5.74) is 0. The zero-order chi connectivity index (χ0) is 14.2. The van der Waals surface area contributed by atoms with Crippen molar-refractivity contribution in [1.29, 1.82) is 0 Å². The van der Waals surface area contributed by atoms with Gasteiger partial charge in [0.25, 0.3) is 0 Å². The highest BCUT2D eigenvalue weighted by Crippen LogP contribution is 2.34. The lowest BCUT2D eigenvalue weighted by Crippen LogP contribution is -2.42. The summed E-state index contributed by atoms with van der Waals surface area (Å²) >= 11 is 0. The Bertz CT molecular complexity index is 242. The summed E-state index contributed by atoms with van der Waals surface area (Å²) in [5, 5.41) is 3.84. The molecule has 1 aliphatic heterocycles. The van der Waals surface area contributed by atoms with E-state index in [0.717, 1.165) is 18.4 Å². The highest BCUT2D eigenvalue weighted by molar-refractivity contribution is 4.84. The first-order valence-corrected chi connectivity index (χ1v) is 9.18. The van der Waals surface area contributed by atoms with Gasteiger partial charge in [-0.2, -0.15) is 0 Å². The molecule has 0 aromatic carbocycles. The largest absolute Gasteiger partial charge is 0.378 e. The Morgan fingerprint density at radius 2 is 1.85 bits per heavy atom. The van der Waals surface area contributed by atoms with E-state index in [1.54, 1.807) is 0 Å². The van der Waals surface area contributed by atoms with Crippen LogP contribution in [0.2, 0.25) is 0 Å². The molecule has 1 heterocycles. The van der Waals surface area contributed by atoms with Crippen molar-refractivity contribution in [3.8, 4) is 0 Å². The van der Waals surface area contributed by atoms with Crippen molar-refractivity contribution in [2.45, 2.75) is 90.2 Å². The highest BCUT2D eigenvalue weighted by atomic mass is 16.5. The van der Waals surface area contributed by atoms with Crippen molar-refractivity contribution < 1.29 is 4.74 Å². The van der Waals surface area contributed by atoms with Gasteiger partial charge in [0.1, 0.15) is 0 Å². The third-order valence-electron chi connectivity index (χ3n) is 5.49. The van der Waals surface area contributed by atoms with Gasteiger partial charge in [0.2, 0.25) is 0 Å². The minimum Gasteiger partial charge on any atom is -0.378 e. The molecule has 0 aromatic rings. The summed E-state index contributed by atoms with van der Waals surface area (Å²) in [6.45, 7) is 6.79. The summed E-state index contributed by atoms with van der Waals surface area (Å²) < 4.78 is 5.98. The molecular formula is C18H35NO. The monoisotopic (exact) mass is 281 g/mol. The van der Waals surface area contributed by atoms with E-state index < -0.39 is 0 Å². The quantitative estimate of drug-likeness (QED) is 0.740. The van der Waals surface area contributed by atoms with Gasteiger partial charge in [0, 0.05) is 12.6 Å². The van der Waals surface area contributed by atoms with E-state index in [1.807, 2.05) is 0 Å². The lowest BCUT2D eigenvalue weighted by molar-refractivity contribution is -0.00111. The number of hydrogen-bond acceptors (Lipinski definition) is 2. The van der Waals surface area contributed by atoms with Crippen LogP contribution in [0.5, 0.6) is 0 Å². The molecule has 1 aliphatic carbocycles. The molecule has 0 radical (unpaired) electrons. The topological polar surface area (TPSA) is 21.3 Å². The molecule has 118 valence electrons. The minimum absolute atomic E-state index is 0.530. The number of ether oxygens (including phenoxy) is 1. The molecule has 2 aliphatic rings. The van der Waals surface area contributed by atoms with Crippen LogP contribution in [-0.4, -0.2) is 25.3 Å². The van der Waals surface area contributed by atoms with E-state index in [1.165, 1.54) is 70.8 Å². The zero-order valence-electron chi connectivity index (χ0n) is 13.7. The molecule has 1 saturated carbocycles. The molecule has 1 saturated heterocycles. The smallest absolute Gasteiger partial charge is 0.0590 e. The molecule has 0 amide bonds. The van der Waals surface area contributed by atoms with E-state index in [4.69, 9.17) is 4.74 Å². The van der Waals surface area contributed by atoms with Gasteiger partial charge in [0.15, 0.2) is 0 Å². The first-order valence-electron chi connectivity index (χ1n) is 9.18. The van der Waals surface area contributed by atoms with Gasteiger partial charge in [0.05, 0.1) is 6.10 Å². The Balaban J connectivity index is 1.82. The fraction of sp³-hybridized carbons (Fsp3) is 1.00. The predicted molar refractivity (Wildman–Crippen MR) is 86.0 cm³/mol. The average molecular weight is 281 g/mol. The summed E-state index contributed by atoms with van der Waals surface area (Å²) in [6, 6.07) is 0.704. The van der Waals surface area contributed by atoms with Crippen molar-refractivity contribution in [1.82, 2.24) is 5.32 Å². The summed E-state index contributed by atoms with van der Waals surface area (Å²) in [7, 11) is 0. The van der Waals surface area contributed by atoms with Gasteiger partial charge in [-0.3, -0.25) is 0 Å². The highest BCUT2D eigenvalue weighted by Gasteiger charge is 2.29. The van der Waals surface area contributed by atoms with Crippen molar-refractivity contribution in [2.75, 3.05) is 13.2 Å². The normalized spacial score (nSPS) is 33.0. The Morgan fingerprint density at radius 1 is 1.05 bits per heavy atom. The Morgan fingerprint density at radius 3 is 2.45 bits per heavy atom. The Hall–Kier alpha value is -0.0800. The SMILES string of the molecule is CCCNC(CC1CCCCO1)C1CCC(CC)CC1. The molecule has 0 aromatic heterocycles. The van der Waals surface area contributed by atoms with Crippen LogP contribution in [0.1, 0.15) is 78.1 Å². The van der Waals surface area contributed by atoms with Crippen LogP contribution in [0.4, 0.5) is 0 Å². The van der Waals surface area contributed by atoms with Crippen molar-refractivity contribution in [3.05, 3.63) is 0 Å². The third-order valence-corrected chi connectivity index (χ3v) is 5.49. The van der Waals surface area contributed by atoms with Crippen LogP contribution < -0.4 is 5.32 Å². The summed E-state index contributed by atoms with van der Waals surface area (Å²) in [6.07, 6.45) is 14.1. The number of rotatable bonds is 7. The van der Waals surface area contributed by atoms with E-state index in [0.29, 0.717) is 12.1 Å². The van der Waals surface area contributed by atoms with Crippen LogP contribution in [-0.2, 0) is 4.74 Å². The molecule has 2 nitrogen and oxygen atoms in total. The lowest BCUT2D eigenvalue weighted by Gasteiger charge is -2.36. The second-order valence-corrected chi connectivity index (χ2v) is 6.97. The van der Waals surface area contributed by atoms with Crippen LogP contribution in [0.15, 0.2) is 0 Å². The molecule has 1 N–H and O–H groups in total. The van der Waals surface area contributed by atoms with Crippen LogP contribution in [0, 0.1) is 11.8 Å². The van der Waals surface area contributed by atoms with E-state index in [2.05, 4.69) is 19.2 Å². The van der Waals surface area contributed by atoms with Crippen molar-refractivity contribution in [2.24, 2.45) is 11.8 Å². The fourth-order valence-corrected chi connectivity index (χ4v) is 4.05. The van der Waals surface area contributed by atoms with Crippen LogP contribution >= 0.6 is 0 Å². The van der Waals surface area contributed by atoms with Gasteiger partial charge in [-0.05, 0) is 63.3 Å². The lowest BCUT2D eigenvalue weighted by atomic mass is 9.76. The summed E-state index contributed by atoms with van der Waals surface area (Å²) in [4.78, 5) is 0.